The van der Waals surface area contributed by atoms with Gasteiger partial charge in [0.2, 0.25) is 0 Å². The van der Waals surface area contributed by atoms with Gasteiger partial charge in [0.25, 0.3) is 0 Å². The quantitative estimate of drug-likeness (QED) is 0.329. The van der Waals surface area contributed by atoms with Crippen molar-refractivity contribution in [2.75, 3.05) is 5.32 Å². The molecule has 0 radical (unpaired) electrons. The van der Waals surface area contributed by atoms with Crippen molar-refractivity contribution >= 4 is 11.7 Å². The molecule has 3 aromatic carbocycles. The fourth-order valence-corrected chi connectivity index (χ4v) is 2.94. The number of para-hydroxylation sites is 1. The summed E-state index contributed by atoms with van der Waals surface area (Å²) in [5, 5.41) is 24.1. The van der Waals surface area contributed by atoms with Gasteiger partial charge in [0.05, 0.1) is 11.7 Å². The molecule has 0 fully saturated rings. The van der Waals surface area contributed by atoms with Gasteiger partial charge >= 0.3 is 6.03 Å². The summed E-state index contributed by atoms with van der Waals surface area (Å²) in [6.45, 7) is 1.87. The highest BCUT2D eigenvalue weighted by molar-refractivity contribution is 5.94. The minimum absolute atomic E-state index is 0.239. The zero-order valence-electron chi connectivity index (χ0n) is 15.5. The van der Waals surface area contributed by atoms with Gasteiger partial charge in [-0.15, -0.1) is 0 Å². The Morgan fingerprint density at radius 1 is 0.857 bits per heavy atom. The molecule has 3 aromatic rings. The van der Waals surface area contributed by atoms with Crippen LogP contribution in [0.15, 0.2) is 78.9 Å². The Labute approximate surface area is 163 Å². The van der Waals surface area contributed by atoms with Crippen molar-refractivity contribution in [3.05, 3.63) is 90.0 Å². The molecule has 6 heteroatoms. The van der Waals surface area contributed by atoms with Crippen LogP contribution in [0.1, 0.15) is 30.3 Å². The standard InChI is InChI=1S/C22H23N3O3/c1-15(16-11-13-18(14-12-16)21(26)25-28)23-22(27)24-20-10-6-5-9-19(20)17-7-3-2-4-8-17/h2-15,21,25-26,28H,1H3,(H2,23,24,27). The number of rotatable bonds is 6. The molecule has 0 saturated carbocycles. The molecule has 2 unspecified atom stereocenters. The number of hydroxylamine groups is 1. The fraction of sp³-hybridized carbons (Fsp3) is 0.136. The van der Waals surface area contributed by atoms with Crippen LogP contribution in [-0.4, -0.2) is 16.3 Å². The maximum Gasteiger partial charge on any atom is 0.319 e. The Morgan fingerprint density at radius 2 is 1.46 bits per heavy atom. The molecule has 144 valence electrons. The Kier molecular flexibility index (Phi) is 6.39. The van der Waals surface area contributed by atoms with E-state index in [9.17, 15) is 9.90 Å². The van der Waals surface area contributed by atoms with Crippen molar-refractivity contribution in [2.45, 2.75) is 19.2 Å². The lowest BCUT2D eigenvalue weighted by molar-refractivity contribution is 0.000689. The number of anilines is 1. The van der Waals surface area contributed by atoms with E-state index in [0.29, 0.717) is 5.56 Å². The van der Waals surface area contributed by atoms with Crippen LogP contribution >= 0.6 is 0 Å². The SMILES string of the molecule is CC(NC(=O)Nc1ccccc1-c1ccccc1)c1ccc(C(O)NO)cc1. The van der Waals surface area contributed by atoms with E-state index in [4.69, 9.17) is 5.21 Å². The Hall–Kier alpha value is -3.19. The van der Waals surface area contributed by atoms with Gasteiger partial charge in [-0.25, -0.2) is 4.79 Å². The molecule has 0 aliphatic carbocycles. The Morgan fingerprint density at radius 3 is 2.14 bits per heavy atom. The fourth-order valence-electron chi connectivity index (χ4n) is 2.94. The number of carbonyl (C=O) groups excluding carboxylic acids is 1. The van der Waals surface area contributed by atoms with E-state index >= 15 is 0 Å². The average molecular weight is 377 g/mol. The van der Waals surface area contributed by atoms with Gasteiger partial charge < -0.3 is 20.9 Å². The first-order valence-corrected chi connectivity index (χ1v) is 8.98. The Bertz CT molecular complexity index is 914. The minimum atomic E-state index is -1.14. The van der Waals surface area contributed by atoms with E-state index in [1.165, 1.54) is 0 Å². The smallest absolute Gasteiger partial charge is 0.319 e. The first kappa shape index (κ1) is 19.6. The first-order valence-electron chi connectivity index (χ1n) is 8.98. The number of nitrogens with one attached hydrogen (secondary N) is 3. The molecule has 6 nitrogen and oxygen atoms in total. The summed E-state index contributed by atoms with van der Waals surface area (Å²) < 4.78 is 0. The molecule has 0 aliphatic heterocycles. The molecular weight excluding hydrogens is 354 g/mol. The van der Waals surface area contributed by atoms with Crippen LogP contribution in [0.25, 0.3) is 11.1 Å². The second kappa shape index (κ2) is 9.14. The van der Waals surface area contributed by atoms with E-state index in [-0.39, 0.29) is 12.1 Å². The molecule has 0 aliphatic rings. The molecule has 3 rings (SSSR count). The number of benzene rings is 3. The van der Waals surface area contributed by atoms with Gasteiger partial charge in [-0.05, 0) is 29.7 Å². The predicted octanol–water partition coefficient (Wildman–Crippen LogP) is 4.21. The van der Waals surface area contributed by atoms with Crippen LogP contribution < -0.4 is 16.1 Å². The van der Waals surface area contributed by atoms with Gasteiger partial charge in [-0.3, -0.25) is 0 Å². The molecule has 28 heavy (non-hydrogen) atoms. The number of hydrogen-bond acceptors (Lipinski definition) is 4. The van der Waals surface area contributed by atoms with Gasteiger partial charge in [-0.2, -0.15) is 5.48 Å². The normalized spacial score (nSPS) is 12.8. The number of carbonyl (C=O) groups is 1. The molecule has 5 N–H and O–H groups in total. The van der Waals surface area contributed by atoms with Crippen molar-refractivity contribution in [1.29, 1.82) is 0 Å². The average Bonchev–Trinajstić information content (AvgIpc) is 2.74. The topological polar surface area (TPSA) is 93.6 Å². The molecule has 2 atom stereocenters. The van der Waals surface area contributed by atoms with Crippen LogP contribution in [0, 0.1) is 0 Å². The molecule has 0 spiro atoms. The third kappa shape index (κ3) is 4.75. The summed E-state index contributed by atoms with van der Waals surface area (Å²) in [5.74, 6) is 0. The lowest BCUT2D eigenvalue weighted by Gasteiger charge is -2.17. The van der Waals surface area contributed by atoms with Gasteiger partial charge in [0.1, 0.15) is 0 Å². The monoisotopic (exact) mass is 377 g/mol. The van der Waals surface area contributed by atoms with E-state index in [2.05, 4.69) is 10.6 Å². The van der Waals surface area contributed by atoms with E-state index in [1.54, 1.807) is 29.7 Å². The second-order valence-electron chi connectivity index (χ2n) is 6.43. The maximum absolute atomic E-state index is 12.5. The van der Waals surface area contributed by atoms with Crippen LogP contribution in [0.4, 0.5) is 10.5 Å². The van der Waals surface area contributed by atoms with E-state index in [0.717, 1.165) is 22.4 Å². The summed E-state index contributed by atoms with van der Waals surface area (Å²) in [6.07, 6.45) is -1.14. The van der Waals surface area contributed by atoms with Crippen molar-refractivity contribution in [1.82, 2.24) is 10.8 Å². The van der Waals surface area contributed by atoms with Crippen molar-refractivity contribution in [2.24, 2.45) is 0 Å². The highest BCUT2D eigenvalue weighted by Crippen LogP contribution is 2.27. The van der Waals surface area contributed by atoms with Crippen molar-refractivity contribution < 1.29 is 15.1 Å². The summed E-state index contributed by atoms with van der Waals surface area (Å²) in [5.41, 5.74) is 5.89. The summed E-state index contributed by atoms with van der Waals surface area (Å²) in [6, 6.07) is 23.9. The van der Waals surface area contributed by atoms with Crippen LogP contribution in [0.2, 0.25) is 0 Å². The van der Waals surface area contributed by atoms with E-state index < -0.39 is 6.23 Å². The van der Waals surface area contributed by atoms with Crippen LogP contribution in [0.3, 0.4) is 0 Å². The van der Waals surface area contributed by atoms with Gasteiger partial charge in [0, 0.05) is 5.56 Å². The van der Waals surface area contributed by atoms with Crippen molar-refractivity contribution in [3.8, 4) is 11.1 Å². The zero-order valence-corrected chi connectivity index (χ0v) is 15.5. The molecular formula is C22H23N3O3. The second-order valence-corrected chi connectivity index (χ2v) is 6.43. The maximum atomic E-state index is 12.5. The first-order chi connectivity index (χ1) is 13.6. The third-order valence-electron chi connectivity index (χ3n) is 4.48. The highest BCUT2D eigenvalue weighted by Gasteiger charge is 2.13. The minimum Gasteiger partial charge on any atom is -0.372 e. The highest BCUT2D eigenvalue weighted by atomic mass is 16.5. The largest absolute Gasteiger partial charge is 0.372 e. The predicted molar refractivity (Wildman–Crippen MR) is 109 cm³/mol. The summed E-state index contributed by atoms with van der Waals surface area (Å²) >= 11 is 0. The number of urea groups is 1. The van der Waals surface area contributed by atoms with E-state index in [1.807, 2.05) is 61.5 Å². The molecule has 0 heterocycles. The van der Waals surface area contributed by atoms with Gasteiger partial charge in [0.15, 0.2) is 6.23 Å². The third-order valence-corrected chi connectivity index (χ3v) is 4.48. The lowest BCUT2D eigenvalue weighted by atomic mass is 10.0. The van der Waals surface area contributed by atoms with Crippen molar-refractivity contribution in [3.63, 3.8) is 0 Å². The van der Waals surface area contributed by atoms with Crippen LogP contribution in [0.5, 0.6) is 0 Å². The Balaban J connectivity index is 1.68. The summed E-state index contributed by atoms with van der Waals surface area (Å²) in [4.78, 5) is 12.5. The molecule has 0 bridgehead atoms. The zero-order chi connectivity index (χ0) is 19.9. The number of aliphatic hydroxyl groups excluding tert-OH is 1. The van der Waals surface area contributed by atoms with Gasteiger partial charge in [-0.1, -0.05) is 72.8 Å². The lowest BCUT2D eigenvalue weighted by Crippen LogP contribution is -2.31. The number of aliphatic hydroxyl groups is 1. The summed E-state index contributed by atoms with van der Waals surface area (Å²) in [7, 11) is 0. The number of amides is 2. The molecule has 0 saturated heterocycles. The molecule has 2 amide bonds. The number of hydrogen-bond donors (Lipinski definition) is 5. The van der Waals surface area contributed by atoms with Crippen LogP contribution in [-0.2, 0) is 0 Å². The molecule has 0 aromatic heterocycles.